The molecule has 0 radical (unpaired) electrons. The Hall–Kier alpha value is -4.78. The number of carbonyl (C=O) groups excluding carboxylic acids is 6. The Kier molecular flexibility index (Phi) is 9.00. The molecule has 4 atom stereocenters. The maximum atomic E-state index is 13.8. The van der Waals surface area contributed by atoms with E-state index in [1.54, 1.807) is 12.1 Å². The van der Waals surface area contributed by atoms with Crippen molar-refractivity contribution in [2.45, 2.75) is 70.1 Å². The first-order chi connectivity index (χ1) is 20.7. The van der Waals surface area contributed by atoms with Gasteiger partial charge in [0, 0.05) is 31.1 Å². The van der Waals surface area contributed by atoms with Gasteiger partial charge in [-0.15, -0.1) is 0 Å². The lowest BCUT2D eigenvalue weighted by molar-refractivity contribution is -0.177. The quantitative estimate of drug-likeness (QED) is 0.386. The molecule has 4 unspecified atom stereocenters. The van der Waals surface area contributed by atoms with Crippen molar-refractivity contribution in [2.75, 3.05) is 11.9 Å². The Bertz CT molecular complexity index is 1400. The van der Waals surface area contributed by atoms with Crippen LogP contribution < -0.4 is 16.0 Å². The molecule has 226 valence electrons. The summed E-state index contributed by atoms with van der Waals surface area (Å²) < 4.78 is 11.1. The number of fused-ring (bicyclic) bond motifs is 1. The minimum atomic E-state index is -1.05. The molecule has 0 spiro atoms. The van der Waals surface area contributed by atoms with Gasteiger partial charge >= 0.3 is 5.97 Å². The van der Waals surface area contributed by atoms with Gasteiger partial charge < -0.3 is 25.4 Å². The van der Waals surface area contributed by atoms with Crippen molar-refractivity contribution in [3.05, 3.63) is 65.7 Å². The normalized spacial score (nSPS) is 23.6. The standard InChI is InChI=1S/C30H33N5O8/c1-18(36)31-21-11-9-20(10-12-21)27(39)32-22-13-14-25(37)34-15-5-8-24(35(34)29(22)41)28(40)33-23-16-26(38)43-30(23)42-17-19-6-3-2-4-7-19/h2-4,6-7,9-12,22-24,30H,5,8,13-17H2,1H3,(H,31,36)(H,32,39)(H,33,40). The average molecular weight is 592 g/mol. The summed E-state index contributed by atoms with van der Waals surface area (Å²) >= 11 is 0. The molecule has 5 amide bonds. The van der Waals surface area contributed by atoms with Crippen molar-refractivity contribution in [3.63, 3.8) is 0 Å². The first-order valence-electron chi connectivity index (χ1n) is 14.2. The van der Waals surface area contributed by atoms with E-state index in [0.717, 1.165) is 10.6 Å². The van der Waals surface area contributed by atoms with Crippen molar-refractivity contribution >= 4 is 41.2 Å². The van der Waals surface area contributed by atoms with Gasteiger partial charge in [0.2, 0.25) is 24.0 Å². The number of amides is 5. The van der Waals surface area contributed by atoms with E-state index in [0.29, 0.717) is 12.1 Å². The highest BCUT2D eigenvalue weighted by molar-refractivity contribution is 6.00. The molecule has 2 aromatic rings. The highest BCUT2D eigenvalue weighted by Crippen LogP contribution is 2.26. The van der Waals surface area contributed by atoms with E-state index in [-0.39, 0.29) is 56.2 Å². The maximum absolute atomic E-state index is 13.8. The lowest BCUT2D eigenvalue weighted by atomic mass is 10.0. The Morgan fingerprint density at radius 3 is 2.44 bits per heavy atom. The predicted molar refractivity (Wildman–Crippen MR) is 150 cm³/mol. The number of nitrogens with one attached hydrogen (secondary N) is 3. The second kappa shape index (κ2) is 13.0. The molecule has 2 aromatic carbocycles. The van der Waals surface area contributed by atoms with Crippen LogP contribution in [0.5, 0.6) is 0 Å². The number of carbonyl (C=O) groups is 6. The largest absolute Gasteiger partial charge is 0.433 e. The highest BCUT2D eigenvalue weighted by Gasteiger charge is 2.46. The van der Waals surface area contributed by atoms with E-state index in [4.69, 9.17) is 9.47 Å². The number of ether oxygens (including phenoxy) is 2. The molecular formula is C30H33N5O8. The Morgan fingerprint density at radius 1 is 0.977 bits per heavy atom. The van der Waals surface area contributed by atoms with E-state index in [1.807, 2.05) is 30.3 Å². The van der Waals surface area contributed by atoms with E-state index in [1.165, 1.54) is 24.1 Å². The van der Waals surface area contributed by atoms with Gasteiger partial charge in [0.1, 0.15) is 18.1 Å². The van der Waals surface area contributed by atoms with Gasteiger partial charge in [0.05, 0.1) is 13.0 Å². The first-order valence-corrected chi connectivity index (χ1v) is 14.2. The summed E-state index contributed by atoms with van der Waals surface area (Å²) in [5, 5.41) is 10.5. The Balaban J connectivity index is 1.27. The molecule has 13 heteroatoms. The average Bonchev–Trinajstić information content (AvgIpc) is 3.30. The lowest BCUT2D eigenvalue weighted by Gasteiger charge is -2.43. The SMILES string of the molecule is CC(=O)Nc1ccc(C(=O)NC2CCC(=O)N3CCCC(C(=O)NC4CC(=O)OC4OCc4ccccc4)N3C2=O)cc1. The first kappa shape index (κ1) is 29.7. The van der Waals surface area contributed by atoms with Crippen molar-refractivity contribution in [1.29, 1.82) is 0 Å². The van der Waals surface area contributed by atoms with Crippen LogP contribution in [0.1, 0.15) is 54.9 Å². The number of esters is 1. The van der Waals surface area contributed by atoms with Crippen molar-refractivity contribution in [3.8, 4) is 0 Å². The van der Waals surface area contributed by atoms with Gasteiger partial charge in [-0.25, -0.2) is 5.01 Å². The molecule has 13 nitrogen and oxygen atoms in total. The Morgan fingerprint density at radius 2 is 1.72 bits per heavy atom. The number of rotatable bonds is 8. The number of hydrogen-bond donors (Lipinski definition) is 3. The molecule has 3 heterocycles. The molecule has 3 fully saturated rings. The molecule has 0 aromatic heterocycles. The minimum Gasteiger partial charge on any atom is -0.433 e. The van der Waals surface area contributed by atoms with Gasteiger partial charge in [0.25, 0.3) is 11.8 Å². The fraction of sp³-hybridized carbons (Fsp3) is 0.400. The smallest absolute Gasteiger partial charge is 0.310 e. The zero-order valence-corrected chi connectivity index (χ0v) is 23.6. The summed E-state index contributed by atoms with van der Waals surface area (Å²) in [7, 11) is 0. The van der Waals surface area contributed by atoms with Gasteiger partial charge in [-0.2, -0.15) is 0 Å². The van der Waals surface area contributed by atoms with Crippen LogP contribution in [0.4, 0.5) is 5.69 Å². The van der Waals surface area contributed by atoms with E-state index in [2.05, 4.69) is 16.0 Å². The van der Waals surface area contributed by atoms with Crippen molar-refractivity contribution < 1.29 is 38.2 Å². The molecule has 0 aliphatic carbocycles. The maximum Gasteiger partial charge on any atom is 0.310 e. The third kappa shape index (κ3) is 7.00. The summed E-state index contributed by atoms with van der Waals surface area (Å²) in [5.74, 6) is -2.77. The molecule has 0 bridgehead atoms. The van der Waals surface area contributed by atoms with E-state index < -0.39 is 48.1 Å². The predicted octanol–water partition coefficient (Wildman–Crippen LogP) is 1.25. The molecule has 3 aliphatic heterocycles. The van der Waals surface area contributed by atoms with Gasteiger partial charge in [-0.1, -0.05) is 30.3 Å². The van der Waals surface area contributed by atoms with Crippen molar-refractivity contribution in [1.82, 2.24) is 20.7 Å². The number of cyclic esters (lactones) is 1. The van der Waals surface area contributed by atoms with Gasteiger partial charge in [-0.05, 0) is 49.1 Å². The third-order valence-corrected chi connectivity index (χ3v) is 7.48. The van der Waals surface area contributed by atoms with Crippen LogP contribution in [-0.2, 0) is 40.1 Å². The third-order valence-electron chi connectivity index (χ3n) is 7.48. The fourth-order valence-electron chi connectivity index (χ4n) is 5.39. The Labute approximate surface area is 247 Å². The van der Waals surface area contributed by atoms with Gasteiger partial charge in [-0.3, -0.25) is 33.8 Å². The van der Waals surface area contributed by atoms with Crippen LogP contribution in [0.3, 0.4) is 0 Å². The number of nitrogens with zero attached hydrogens (tertiary/aromatic N) is 2. The summed E-state index contributed by atoms with van der Waals surface area (Å²) in [6.07, 6.45) is -0.281. The summed E-state index contributed by atoms with van der Waals surface area (Å²) in [6.45, 7) is 1.79. The lowest BCUT2D eigenvalue weighted by Crippen LogP contribution is -2.64. The molecule has 43 heavy (non-hydrogen) atoms. The summed E-state index contributed by atoms with van der Waals surface area (Å²) in [4.78, 5) is 76.8. The van der Waals surface area contributed by atoms with Crippen LogP contribution in [0.15, 0.2) is 54.6 Å². The zero-order chi connectivity index (χ0) is 30.5. The van der Waals surface area contributed by atoms with Crippen molar-refractivity contribution in [2.24, 2.45) is 0 Å². The minimum absolute atomic E-state index is 0.00334. The molecular weight excluding hydrogens is 558 g/mol. The van der Waals surface area contributed by atoms with Gasteiger partial charge in [0.15, 0.2) is 0 Å². The van der Waals surface area contributed by atoms with Crippen LogP contribution in [-0.4, -0.2) is 76.5 Å². The highest BCUT2D eigenvalue weighted by atomic mass is 16.7. The fourth-order valence-corrected chi connectivity index (χ4v) is 5.39. The van der Waals surface area contributed by atoms with E-state index in [9.17, 15) is 28.8 Å². The zero-order valence-electron chi connectivity index (χ0n) is 23.6. The summed E-state index contributed by atoms with van der Waals surface area (Å²) in [5.41, 5.74) is 1.64. The molecule has 5 rings (SSSR count). The van der Waals surface area contributed by atoms with Crippen LogP contribution >= 0.6 is 0 Å². The summed E-state index contributed by atoms with van der Waals surface area (Å²) in [6, 6.07) is 12.6. The van der Waals surface area contributed by atoms with E-state index >= 15 is 0 Å². The number of hydrogen-bond acceptors (Lipinski definition) is 8. The number of anilines is 1. The van der Waals surface area contributed by atoms with Crippen LogP contribution in [0.2, 0.25) is 0 Å². The second-order valence-corrected chi connectivity index (χ2v) is 10.7. The number of benzene rings is 2. The van der Waals surface area contributed by atoms with Crippen LogP contribution in [0, 0.1) is 0 Å². The molecule has 3 aliphatic rings. The van der Waals surface area contributed by atoms with Crippen LogP contribution in [0.25, 0.3) is 0 Å². The molecule has 0 saturated carbocycles. The second-order valence-electron chi connectivity index (χ2n) is 10.7. The monoisotopic (exact) mass is 591 g/mol. The molecule has 3 N–H and O–H groups in total. The molecule has 3 saturated heterocycles. The topological polar surface area (TPSA) is 163 Å². The number of hydrazine groups is 1.